The molecular weight excluding hydrogens is 212 g/mol. The summed E-state index contributed by atoms with van der Waals surface area (Å²) in [5.74, 6) is 0.249. The maximum absolute atomic E-state index is 11.9. The van der Waals surface area contributed by atoms with E-state index in [0.29, 0.717) is 12.6 Å². The van der Waals surface area contributed by atoms with Gasteiger partial charge in [0.1, 0.15) is 6.17 Å². The monoisotopic (exact) mass is 230 g/mol. The summed E-state index contributed by atoms with van der Waals surface area (Å²) >= 11 is 0. The first-order valence-corrected chi connectivity index (χ1v) is 6.28. The highest BCUT2D eigenvalue weighted by Crippen LogP contribution is 2.36. The van der Waals surface area contributed by atoms with Crippen molar-refractivity contribution in [2.45, 2.75) is 38.9 Å². The van der Waals surface area contributed by atoms with Crippen molar-refractivity contribution >= 4 is 5.91 Å². The van der Waals surface area contributed by atoms with E-state index in [1.54, 1.807) is 0 Å². The van der Waals surface area contributed by atoms with Crippen LogP contribution >= 0.6 is 0 Å². The second-order valence-electron chi connectivity index (χ2n) is 5.18. The van der Waals surface area contributed by atoms with E-state index in [-0.39, 0.29) is 12.1 Å². The van der Waals surface area contributed by atoms with Gasteiger partial charge in [0.25, 0.3) is 0 Å². The molecule has 1 aromatic rings. The fourth-order valence-corrected chi connectivity index (χ4v) is 2.60. The Kier molecular flexibility index (Phi) is 2.44. The summed E-state index contributed by atoms with van der Waals surface area (Å²) in [6, 6.07) is 6.93. The van der Waals surface area contributed by atoms with E-state index in [0.717, 1.165) is 12.8 Å². The Morgan fingerprint density at radius 3 is 2.76 bits per heavy atom. The number of aryl methyl sites for hydroxylation is 2. The van der Waals surface area contributed by atoms with Crippen LogP contribution < -0.4 is 5.32 Å². The van der Waals surface area contributed by atoms with Crippen molar-refractivity contribution in [1.29, 1.82) is 0 Å². The molecule has 0 radical (unpaired) electrons. The van der Waals surface area contributed by atoms with Crippen LogP contribution in [0, 0.1) is 13.8 Å². The first kappa shape index (κ1) is 10.8. The highest BCUT2D eigenvalue weighted by molar-refractivity contribution is 5.81. The van der Waals surface area contributed by atoms with Gasteiger partial charge in [-0.05, 0) is 37.8 Å². The Morgan fingerprint density at radius 1 is 1.29 bits per heavy atom. The maximum Gasteiger partial charge on any atom is 0.238 e. The van der Waals surface area contributed by atoms with Crippen LogP contribution in [0.2, 0.25) is 0 Å². The van der Waals surface area contributed by atoms with Crippen LogP contribution in [-0.2, 0) is 4.79 Å². The van der Waals surface area contributed by atoms with Crippen LogP contribution in [-0.4, -0.2) is 23.4 Å². The van der Waals surface area contributed by atoms with Gasteiger partial charge in [0.2, 0.25) is 5.91 Å². The molecule has 1 saturated carbocycles. The van der Waals surface area contributed by atoms with Crippen molar-refractivity contribution in [3.05, 3.63) is 34.9 Å². The minimum Gasteiger partial charge on any atom is -0.319 e. The van der Waals surface area contributed by atoms with Crippen LogP contribution in [0.4, 0.5) is 0 Å². The van der Waals surface area contributed by atoms with Crippen molar-refractivity contribution in [3.8, 4) is 0 Å². The van der Waals surface area contributed by atoms with Crippen LogP contribution in [0.25, 0.3) is 0 Å². The van der Waals surface area contributed by atoms with Crippen molar-refractivity contribution in [1.82, 2.24) is 10.2 Å². The predicted molar refractivity (Wildman–Crippen MR) is 66.5 cm³/mol. The lowest BCUT2D eigenvalue weighted by atomic mass is 10.0. The van der Waals surface area contributed by atoms with E-state index in [4.69, 9.17) is 0 Å². The van der Waals surface area contributed by atoms with Gasteiger partial charge in [-0.25, -0.2) is 0 Å². The Bertz CT molecular complexity index is 465. The first-order valence-electron chi connectivity index (χ1n) is 6.28. The van der Waals surface area contributed by atoms with Crippen LogP contribution in [0.5, 0.6) is 0 Å². The molecule has 1 amide bonds. The third-order valence-corrected chi connectivity index (χ3v) is 3.68. The first-order chi connectivity index (χ1) is 8.16. The van der Waals surface area contributed by atoms with E-state index in [9.17, 15) is 4.79 Å². The third-order valence-electron chi connectivity index (χ3n) is 3.68. The molecule has 3 heteroatoms. The molecule has 1 aliphatic heterocycles. The number of benzene rings is 1. The second-order valence-corrected chi connectivity index (χ2v) is 5.18. The van der Waals surface area contributed by atoms with Crippen molar-refractivity contribution < 1.29 is 4.79 Å². The predicted octanol–water partition coefficient (Wildman–Crippen LogP) is 1.90. The highest BCUT2D eigenvalue weighted by atomic mass is 16.2. The molecule has 1 saturated heterocycles. The van der Waals surface area contributed by atoms with Gasteiger partial charge in [-0.1, -0.05) is 23.8 Å². The molecule has 0 spiro atoms. The summed E-state index contributed by atoms with van der Waals surface area (Å²) in [7, 11) is 0. The molecule has 2 fully saturated rings. The topological polar surface area (TPSA) is 32.3 Å². The fourth-order valence-electron chi connectivity index (χ4n) is 2.60. The van der Waals surface area contributed by atoms with Crippen molar-refractivity contribution in [2.75, 3.05) is 6.54 Å². The second kappa shape index (κ2) is 3.84. The fraction of sp³-hybridized carbons (Fsp3) is 0.500. The molecule has 1 N–H and O–H groups in total. The molecule has 3 nitrogen and oxygen atoms in total. The average molecular weight is 230 g/mol. The summed E-state index contributed by atoms with van der Waals surface area (Å²) in [5.41, 5.74) is 3.76. The Balaban J connectivity index is 1.97. The lowest BCUT2D eigenvalue weighted by molar-refractivity contribution is -0.128. The Labute approximate surface area is 102 Å². The van der Waals surface area contributed by atoms with Crippen molar-refractivity contribution in [3.63, 3.8) is 0 Å². The molecule has 0 aromatic heterocycles. The molecule has 0 bridgehead atoms. The number of hydrogen-bond acceptors (Lipinski definition) is 2. The lowest BCUT2D eigenvalue weighted by Gasteiger charge is -2.26. The highest BCUT2D eigenvalue weighted by Gasteiger charge is 2.41. The van der Waals surface area contributed by atoms with Crippen LogP contribution in [0.15, 0.2) is 18.2 Å². The molecule has 17 heavy (non-hydrogen) atoms. The molecule has 3 rings (SSSR count). The Hall–Kier alpha value is -1.35. The van der Waals surface area contributed by atoms with Gasteiger partial charge >= 0.3 is 0 Å². The summed E-state index contributed by atoms with van der Waals surface area (Å²) in [6.45, 7) is 4.69. The standard InChI is InChI=1S/C14H18N2O/c1-9-3-4-10(2)12(7-9)14-15-8-13(17)16(14)11-5-6-11/h3-4,7,11,14-15H,5-6,8H2,1-2H3. The lowest BCUT2D eigenvalue weighted by Crippen LogP contribution is -2.32. The summed E-state index contributed by atoms with van der Waals surface area (Å²) in [4.78, 5) is 13.9. The van der Waals surface area contributed by atoms with Gasteiger partial charge in [0.15, 0.2) is 0 Å². The van der Waals surface area contributed by atoms with Crippen LogP contribution in [0.1, 0.15) is 35.7 Å². The summed E-state index contributed by atoms with van der Waals surface area (Å²) in [5, 5.41) is 3.34. The quantitative estimate of drug-likeness (QED) is 0.841. The van der Waals surface area contributed by atoms with Gasteiger partial charge in [-0.15, -0.1) is 0 Å². The normalized spacial score (nSPS) is 24.5. The molecule has 1 aliphatic carbocycles. The van der Waals surface area contributed by atoms with Gasteiger partial charge in [-0.2, -0.15) is 0 Å². The van der Waals surface area contributed by atoms with E-state index in [1.165, 1.54) is 16.7 Å². The molecule has 1 aromatic carbocycles. The van der Waals surface area contributed by atoms with E-state index in [2.05, 4.69) is 37.4 Å². The molecular formula is C14H18N2O. The number of carbonyl (C=O) groups is 1. The molecule has 2 aliphatic rings. The number of nitrogens with one attached hydrogen (secondary N) is 1. The molecule has 90 valence electrons. The van der Waals surface area contributed by atoms with Gasteiger partial charge in [0, 0.05) is 6.04 Å². The third kappa shape index (κ3) is 1.84. The molecule has 1 heterocycles. The number of nitrogens with zero attached hydrogens (tertiary/aromatic N) is 1. The number of hydrogen-bond donors (Lipinski definition) is 1. The smallest absolute Gasteiger partial charge is 0.238 e. The SMILES string of the molecule is Cc1ccc(C)c(C2NCC(=O)N2C2CC2)c1. The van der Waals surface area contributed by atoms with E-state index < -0.39 is 0 Å². The number of carbonyl (C=O) groups excluding carboxylic acids is 1. The Morgan fingerprint density at radius 2 is 2.06 bits per heavy atom. The minimum atomic E-state index is 0.0925. The maximum atomic E-state index is 11.9. The zero-order valence-electron chi connectivity index (χ0n) is 10.4. The average Bonchev–Trinajstić information content (AvgIpc) is 3.06. The van der Waals surface area contributed by atoms with Gasteiger partial charge in [-0.3, -0.25) is 10.1 Å². The largest absolute Gasteiger partial charge is 0.319 e. The number of rotatable bonds is 2. The van der Waals surface area contributed by atoms with Gasteiger partial charge in [0.05, 0.1) is 6.54 Å². The summed E-state index contributed by atoms with van der Waals surface area (Å²) < 4.78 is 0. The van der Waals surface area contributed by atoms with Gasteiger partial charge < -0.3 is 4.90 Å². The van der Waals surface area contributed by atoms with Crippen molar-refractivity contribution in [2.24, 2.45) is 0 Å². The van der Waals surface area contributed by atoms with E-state index >= 15 is 0 Å². The molecule has 1 atom stereocenters. The zero-order chi connectivity index (χ0) is 12.0. The minimum absolute atomic E-state index is 0.0925. The van der Waals surface area contributed by atoms with Crippen LogP contribution in [0.3, 0.4) is 0 Å². The zero-order valence-corrected chi connectivity index (χ0v) is 10.4. The molecule has 1 unspecified atom stereocenters. The van der Waals surface area contributed by atoms with E-state index in [1.807, 2.05) is 4.90 Å². The summed E-state index contributed by atoms with van der Waals surface area (Å²) in [6.07, 6.45) is 2.42. The number of amides is 1.